The van der Waals surface area contributed by atoms with Crippen LogP contribution in [0.25, 0.3) is 0 Å². The Balaban J connectivity index is 1.81. The Hall–Kier alpha value is -1.35. The molecule has 1 aromatic carbocycles. The van der Waals surface area contributed by atoms with Crippen LogP contribution in [0.1, 0.15) is 18.4 Å². The van der Waals surface area contributed by atoms with Gasteiger partial charge in [0.1, 0.15) is 0 Å². The number of hydrogen-bond donors (Lipinski definition) is 1. The lowest BCUT2D eigenvalue weighted by Crippen LogP contribution is -2.39. The highest BCUT2D eigenvalue weighted by Gasteiger charge is 2.17. The Morgan fingerprint density at radius 3 is 2.83 bits per heavy atom. The molecule has 1 fully saturated rings. The second-order valence-corrected chi connectivity index (χ2v) is 5.15. The van der Waals surface area contributed by atoms with Crippen LogP contribution in [0, 0.1) is 5.92 Å². The van der Waals surface area contributed by atoms with Gasteiger partial charge in [-0.15, -0.1) is 0 Å². The van der Waals surface area contributed by atoms with Gasteiger partial charge in [0, 0.05) is 13.6 Å². The number of nitrogens with one attached hydrogen (secondary N) is 1. The first kappa shape index (κ1) is 13.1. The summed E-state index contributed by atoms with van der Waals surface area (Å²) >= 11 is 0. The lowest BCUT2D eigenvalue weighted by atomic mass is 9.99. The molecule has 1 aromatic rings. The number of piperidine rings is 1. The van der Waals surface area contributed by atoms with E-state index in [9.17, 15) is 4.79 Å². The molecule has 0 radical (unpaired) electrons. The van der Waals surface area contributed by atoms with Crippen molar-refractivity contribution in [2.45, 2.75) is 19.3 Å². The Kier molecular flexibility index (Phi) is 4.76. The number of carbonyl (C=O) groups excluding carboxylic acids is 1. The first-order valence-corrected chi connectivity index (χ1v) is 6.74. The van der Waals surface area contributed by atoms with Crippen LogP contribution >= 0.6 is 0 Å². The highest BCUT2D eigenvalue weighted by molar-refractivity contribution is 5.78. The minimum absolute atomic E-state index is 0.215. The van der Waals surface area contributed by atoms with Gasteiger partial charge in [-0.05, 0) is 37.4 Å². The summed E-state index contributed by atoms with van der Waals surface area (Å²) in [5.41, 5.74) is 1.09. The fourth-order valence-corrected chi connectivity index (χ4v) is 2.47. The zero-order valence-electron chi connectivity index (χ0n) is 11.1. The second-order valence-electron chi connectivity index (χ2n) is 5.15. The van der Waals surface area contributed by atoms with Crippen molar-refractivity contribution in [2.75, 3.05) is 26.7 Å². The smallest absolute Gasteiger partial charge is 0.226 e. The Labute approximate surface area is 109 Å². The normalized spacial score (nSPS) is 19.5. The van der Waals surface area contributed by atoms with E-state index in [-0.39, 0.29) is 5.91 Å². The number of carbonyl (C=O) groups is 1. The molecular weight excluding hydrogens is 224 g/mol. The van der Waals surface area contributed by atoms with Crippen molar-refractivity contribution in [3.8, 4) is 0 Å². The molecule has 0 aliphatic carbocycles. The van der Waals surface area contributed by atoms with Gasteiger partial charge < -0.3 is 10.2 Å². The van der Waals surface area contributed by atoms with Crippen LogP contribution in [-0.2, 0) is 11.2 Å². The molecule has 1 amide bonds. The van der Waals surface area contributed by atoms with Gasteiger partial charge in [0.15, 0.2) is 0 Å². The molecule has 1 atom stereocenters. The lowest BCUT2D eigenvalue weighted by Gasteiger charge is -2.27. The third-order valence-corrected chi connectivity index (χ3v) is 3.55. The zero-order chi connectivity index (χ0) is 12.8. The van der Waals surface area contributed by atoms with Crippen LogP contribution < -0.4 is 5.32 Å². The SMILES string of the molecule is CN(CC1CCCNC1)C(=O)Cc1ccccc1. The van der Waals surface area contributed by atoms with Gasteiger partial charge in [-0.2, -0.15) is 0 Å². The van der Waals surface area contributed by atoms with E-state index in [1.165, 1.54) is 12.8 Å². The van der Waals surface area contributed by atoms with E-state index in [1.54, 1.807) is 0 Å². The van der Waals surface area contributed by atoms with Crippen molar-refractivity contribution >= 4 is 5.91 Å². The fourth-order valence-electron chi connectivity index (χ4n) is 2.47. The molecule has 3 heteroatoms. The number of likely N-dealkylation sites (N-methyl/N-ethyl adjacent to an activating group) is 1. The summed E-state index contributed by atoms with van der Waals surface area (Å²) in [6, 6.07) is 9.95. The second kappa shape index (κ2) is 6.55. The fraction of sp³-hybridized carbons (Fsp3) is 0.533. The predicted octanol–water partition coefficient (Wildman–Crippen LogP) is 1.69. The van der Waals surface area contributed by atoms with Crippen LogP contribution in [0.15, 0.2) is 30.3 Å². The van der Waals surface area contributed by atoms with E-state index in [2.05, 4.69) is 5.32 Å². The maximum atomic E-state index is 12.1. The summed E-state index contributed by atoms with van der Waals surface area (Å²) in [6.07, 6.45) is 2.97. The molecule has 18 heavy (non-hydrogen) atoms. The number of nitrogens with zero attached hydrogens (tertiary/aromatic N) is 1. The van der Waals surface area contributed by atoms with Gasteiger partial charge in [-0.25, -0.2) is 0 Å². The third-order valence-electron chi connectivity index (χ3n) is 3.55. The Morgan fingerprint density at radius 2 is 2.17 bits per heavy atom. The molecule has 1 aliphatic rings. The van der Waals surface area contributed by atoms with Crippen molar-refractivity contribution in [3.05, 3.63) is 35.9 Å². The number of hydrogen-bond acceptors (Lipinski definition) is 2. The van der Waals surface area contributed by atoms with E-state index in [1.807, 2.05) is 42.3 Å². The van der Waals surface area contributed by atoms with Crippen LogP contribution in [0.4, 0.5) is 0 Å². The van der Waals surface area contributed by atoms with Crippen molar-refractivity contribution in [1.82, 2.24) is 10.2 Å². The molecule has 0 spiro atoms. The number of rotatable bonds is 4. The van der Waals surface area contributed by atoms with Gasteiger partial charge in [0.2, 0.25) is 5.91 Å². The topological polar surface area (TPSA) is 32.3 Å². The third kappa shape index (κ3) is 3.84. The van der Waals surface area contributed by atoms with Crippen LogP contribution in [-0.4, -0.2) is 37.5 Å². The molecule has 0 bridgehead atoms. The molecule has 0 aromatic heterocycles. The summed E-state index contributed by atoms with van der Waals surface area (Å²) < 4.78 is 0. The summed E-state index contributed by atoms with van der Waals surface area (Å²) in [5, 5.41) is 3.39. The summed E-state index contributed by atoms with van der Waals surface area (Å²) in [4.78, 5) is 14.0. The summed E-state index contributed by atoms with van der Waals surface area (Å²) in [7, 11) is 1.92. The van der Waals surface area contributed by atoms with E-state index in [0.29, 0.717) is 12.3 Å². The van der Waals surface area contributed by atoms with Crippen LogP contribution in [0.5, 0.6) is 0 Å². The summed E-state index contributed by atoms with van der Waals surface area (Å²) in [5.74, 6) is 0.829. The van der Waals surface area contributed by atoms with Crippen LogP contribution in [0.2, 0.25) is 0 Å². The first-order valence-electron chi connectivity index (χ1n) is 6.74. The molecule has 0 saturated carbocycles. The van der Waals surface area contributed by atoms with Gasteiger partial charge in [0.25, 0.3) is 0 Å². The van der Waals surface area contributed by atoms with E-state index >= 15 is 0 Å². The molecule has 1 N–H and O–H groups in total. The maximum Gasteiger partial charge on any atom is 0.226 e. The maximum absolute atomic E-state index is 12.1. The minimum atomic E-state index is 0.215. The Morgan fingerprint density at radius 1 is 1.39 bits per heavy atom. The van der Waals surface area contributed by atoms with Crippen molar-refractivity contribution in [3.63, 3.8) is 0 Å². The highest BCUT2D eigenvalue weighted by Crippen LogP contribution is 2.12. The standard InChI is InChI=1S/C15H22N2O/c1-17(12-14-8-5-9-16-11-14)15(18)10-13-6-3-2-4-7-13/h2-4,6-7,14,16H,5,8-12H2,1H3. The van der Waals surface area contributed by atoms with E-state index in [4.69, 9.17) is 0 Å². The van der Waals surface area contributed by atoms with Crippen molar-refractivity contribution < 1.29 is 4.79 Å². The molecule has 2 rings (SSSR count). The minimum Gasteiger partial charge on any atom is -0.345 e. The summed E-state index contributed by atoms with van der Waals surface area (Å²) in [6.45, 7) is 3.04. The largest absolute Gasteiger partial charge is 0.345 e. The van der Waals surface area contributed by atoms with Gasteiger partial charge in [0.05, 0.1) is 6.42 Å². The molecule has 1 heterocycles. The monoisotopic (exact) mass is 246 g/mol. The van der Waals surface area contributed by atoms with E-state index in [0.717, 1.165) is 25.2 Å². The highest BCUT2D eigenvalue weighted by atomic mass is 16.2. The predicted molar refractivity (Wildman–Crippen MR) is 73.4 cm³/mol. The van der Waals surface area contributed by atoms with Gasteiger partial charge in [-0.3, -0.25) is 4.79 Å². The first-order chi connectivity index (χ1) is 8.75. The van der Waals surface area contributed by atoms with Gasteiger partial charge in [-0.1, -0.05) is 30.3 Å². The number of amides is 1. The average Bonchev–Trinajstić information content (AvgIpc) is 2.41. The molecule has 3 nitrogen and oxygen atoms in total. The zero-order valence-corrected chi connectivity index (χ0v) is 11.1. The lowest BCUT2D eigenvalue weighted by molar-refractivity contribution is -0.129. The quantitative estimate of drug-likeness (QED) is 0.877. The molecule has 1 unspecified atom stereocenters. The Bertz CT molecular complexity index is 371. The molecule has 98 valence electrons. The van der Waals surface area contributed by atoms with Crippen molar-refractivity contribution in [1.29, 1.82) is 0 Å². The van der Waals surface area contributed by atoms with Gasteiger partial charge >= 0.3 is 0 Å². The molecule has 1 saturated heterocycles. The molecule has 1 aliphatic heterocycles. The average molecular weight is 246 g/mol. The van der Waals surface area contributed by atoms with Crippen LogP contribution in [0.3, 0.4) is 0 Å². The van der Waals surface area contributed by atoms with Crippen molar-refractivity contribution in [2.24, 2.45) is 5.92 Å². The number of benzene rings is 1. The van der Waals surface area contributed by atoms with E-state index < -0.39 is 0 Å². The molecular formula is C15H22N2O.